The maximum atomic E-state index is 4.72. The Bertz CT molecular complexity index is 995. The van der Waals surface area contributed by atoms with Gasteiger partial charge in [0.2, 0.25) is 5.13 Å². The third-order valence-electron chi connectivity index (χ3n) is 3.59. The van der Waals surface area contributed by atoms with Crippen LogP contribution >= 0.6 is 34.4 Å². The molecule has 4 nitrogen and oxygen atoms in total. The second-order valence-corrected chi connectivity index (χ2v) is 8.72. The summed E-state index contributed by atoms with van der Waals surface area (Å²) in [5.41, 5.74) is 4.48. The molecule has 4 aromatic rings. The smallest absolute Gasteiger partial charge is 0.210 e. The molecule has 26 heavy (non-hydrogen) atoms. The third kappa shape index (κ3) is 4.30. The average molecular weight is 397 g/mol. The molecule has 0 unspecified atom stereocenters. The van der Waals surface area contributed by atoms with Gasteiger partial charge in [-0.2, -0.15) is 0 Å². The second-order valence-electron chi connectivity index (χ2n) is 5.67. The molecular weight excluding hydrogens is 380 g/mol. The highest BCUT2D eigenvalue weighted by atomic mass is 32.2. The van der Waals surface area contributed by atoms with Crippen molar-refractivity contribution in [3.63, 3.8) is 0 Å². The highest BCUT2D eigenvalue weighted by Crippen LogP contribution is 2.31. The minimum atomic E-state index is 0.794. The Morgan fingerprint density at radius 1 is 1.04 bits per heavy atom. The van der Waals surface area contributed by atoms with Gasteiger partial charge in [-0.05, 0) is 24.6 Å². The molecule has 2 aromatic heterocycles. The number of anilines is 2. The summed E-state index contributed by atoms with van der Waals surface area (Å²) in [6, 6.07) is 18.5. The monoisotopic (exact) mass is 396 g/mol. The summed E-state index contributed by atoms with van der Waals surface area (Å²) in [5.74, 6) is 0.794. The van der Waals surface area contributed by atoms with E-state index in [4.69, 9.17) is 4.98 Å². The number of thiazole rings is 1. The lowest BCUT2D eigenvalue weighted by molar-refractivity contribution is 1.01. The van der Waals surface area contributed by atoms with Crippen LogP contribution in [0.2, 0.25) is 0 Å². The molecule has 0 aliphatic heterocycles. The number of hydrogen-bond donors (Lipinski definition) is 1. The highest BCUT2D eigenvalue weighted by Gasteiger charge is 2.08. The van der Waals surface area contributed by atoms with Crippen molar-refractivity contribution in [3.8, 4) is 10.6 Å². The van der Waals surface area contributed by atoms with E-state index in [0.29, 0.717) is 0 Å². The summed E-state index contributed by atoms with van der Waals surface area (Å²) >= 11 is 4.90. The molecule has 0 saturated heterocycles. The molecular formula is C19H16N4S3. The highest BCUT2D eigenvalue weighted by molar-refractivity contribution is 8.00. The molecule has 0 aliphatic carbocycles. The molecule has 1 N–H and O–H groups in total. The quantitative estimate of drug-likeness (QED) is 0.405. The lowest BCUT2D eigenvalue weighted by atomic mass is 10.2. The van der Waals surface area contributed by atoms with Crippen molar-refractivity contribution in [1.82, 2.24) is 15.2 Å². The number of benzene rings is 2. The maximum Gasteiger partial charge on any atom is 0.210 e. The van der Waals surface area contributed by atoms with Gasteiger partial charge in [-0.3, -0.25) is 0 Å². The van der Waals surface area contributed by atoms with Crippen LogP contribution in [0, 0.1) is 6.92 Å². The van der Waals surface area contributed by atoms with Crippen LogP contribution in [0.1, 0.15) is 11.3 Å². The van der Waals surface area contributed by atoms with E-state index in [2.05, 4.69) is 52.1 Å². The Hall–Kier alpha value is -2.22. The van der Waals surface area contributed by atoms with Crippen molar-refractivity contribution in [1.29, 1.82) is 0 Å². The van der Waals surface area contributed by atoms with Gasteiger partial charge >= 0.3 is 0 Å². The van der Waals surface area contributed by atoms with Crippen molar-refractivity contribution in [3.05, 3.63) is 71.2 Å². The number of aryl methyl sites for hydroxylation is 1. The molecule has 0 bridgehead atoms. The summed E-state index contributed by atoms with van der Waals surface area (Å²) in [6.07, 6.45) is 0. The molecule has 0 aliphatic rings. The fraction of sp³-hybridized carbons (Fsp3) is 0.105. The molecule has 0 saturated carbocycles. The number of hydrogen-bond acceptors (Lipinski definition) is 7. The first-order chi connectivity index (χ1) is 12.8. The van der Waals surface area contributed by atoms with Crippen LogP contribution in [0.25, 0.3) is 10.6 Å². The first-order valence-electron chi connectivity index (χ1n) is 8.06. The van der Waals surface area contributed by atoms with E-state index in [-0.39, 0.29) is 0 Å². The fourth-order valence-corrected chi connectivity index (χ4v) is 4.98. The predicted octanol–water partition coefficient (Wildman–Crippen LogP) is 6.01. The Balaban J connectivity index is 1.37. The summed E-state index contributed by atoms with van der Waals surface area (Å²) < 4.78 is 0.939. The van der Waals surface area contributed by atoms with Crippen LogP contribution in [0.3, 0.4) is 0 Å². The third-order valence-corrected chi connectivity index (χ3v) is 6.54. The van der Waals surface area contributed by atoms with Crippen molar-refractivity contribution in [2.75, 3.05) is 5.32 Å². The Labute approximate surface area is 164 Å². The summed E-state index contributed by atoms with van der Waals surface area (Å²) in [5, 5.41) is 15.8. The molecule has 2 heterocycles. The van der Waals surface area contributed by atoms with Gasteiger partial charge in [0.15, 0.2) is 4.34 Å². The minimum absolute atomic E-state index is 0.794. The lowest BCUT2D eigenvalue weighted by Gasteiger charge is -2.01. The number of nitrogens with zero attached hydrogens (tertiary/aromatic N) is 3. The Kier molecular flexibility index (Phi) is 5.29. The van der Waals surface area contributed by atoms with E-state index < -0.39 is 0 Å². The number of thioether (sulfide) groups is 1. The number of rotatable bonds is 6. The molecule has 0 fully saturated rings. The van der Waals surface area contributed by atoms with Gasteiger partial charge in [-0.15, -0.1) is 21.5 Å². The summed E-state index contributed by atoms with van der Waals surface area (Å²) in [4.78, 5) is 4.72. The topological polar surface area (TPSA) is 50.7 Å². The number of aromatic nitrogens is 3. The largest absolute Gasteiger partial charge is 0.330 e. The van der Waals surface area contributed by atoms with Crippen LogP contribution in [0.15, 0.2) is 64.3 Å². The molecule has 0 spiro atoms. The number of nitrogens with one attached hydrogen (secondary N) is 1. The average Bonchev–Trinajstić information content (AvgIpc) is 3.30. The minimum Gasteiger partial charge on any atom is -0.330 e. The van der Waals surface area contributed by atoms with Gasteiger partial charge in [0.1, 0.15) is 5.01 Å². The van der Waals surface area contributed by atoms with Gasteiger partial charge in [-0.1, -0.05) is 65.6 Å². The van der Waals surface area contributed by atoms with E-state index in [1.807, 2.05) is 30.3 Å². The zero-order valence-corrected chi connectivity index (χ0v) is 16.5. The van der Waals surface area contributed by atoms with Gasteiger partial charge in [-0.25, -0.2) is 4.98 Å². The summed E-state index contributed by atoms with van der Waals surface area (Å²) in [7, 11) is 0. The van der Waals surface area contributed by atoms with Gasteiger partial charge in [0.25, 0.3) is 0 Å². The maximum absolute atomic E-state index is 4.72. The van der Waals surface area contributed by atoms with Crippen LogP contribution in [-0.4, -0.2) is 15.2 Å². The standard InChI is InChI=1S/C19H16N4S3/c1-13-6-5-9-15(10-13)21-18-22-23-19(26-18)25-12-16-11-24-17(20-16)14-7-3-2-4-8-14/h2-11H,12H2,1H3,(H,21,22). The summed E-state index contributed by atoms with van der Waals surface area (Å²) in [6.45, 7) is 2.07. The molecule has 130 valence electrons. The van der Waals surface area contributed by atoms with E-state index in [1.54, 1.807) is 34.4 Å². The van der Waals surface area contributed by atoms with Crippen LogP contribution < -0.4 is 5.32 Å². The molecule has 0 atom stereocenters. The first-order valence-corrected chi connectivity index (χ1v) is 10.7. The normalized spacial score (nSPS) is 10.8. The zero-order chi connectivity index (χ0) is 17.8. The second kappa shape index (κ2) is 7.99. The first kappa shape index (κ1) is 17.2. The fourth-order valence-electron chi connectivity index (χ4n) is 2.39. The van der Waals surface area contributed by atoms with E-state index in [1.165, 1.54) is 5.56 Å². The van der Waals surface area contributed by atoms with Crippen LogP contribution in [0.5, 0.6) is 0 Å². The van der Waals surface area contributed by atoms with Crippen molar-refractivity contribution in [2.45, 2.75) is 17.0 Å². The molecule has 2 aromatic carbocycles. The van der Waals surface area contributed by atoms with E-state index >= 15 is 0 Å². The SMILES string of the molecule is Cc1cccc(Nc2nnc(SCc3csc(-c4ccccc4)n3)s2)c1. The van der Waals surface area contributed by atoms with Gasteiger partial charge in [0.05, 0.1) is 5.69 Å². The van der Waals surface area contributed by atoms with Crippen molar-refractivity contribution < 1.29 is 0 Å². The molecule has 0 radical (unpaired) electrons. The van der Waals surface area contributed by atoms with E-state index in [0.717, 1.165) is 37.2 Å². The lowest BCUT2D eigenvalue weighted by Crippen LogP contribution is -1.89. The molecule has 7 heteroatoms. The van der Waals surface area contributed by atoms with E-state index in [9.17, 15) is 0 Å². The Morgan fingerprint density at radius 3 is 2.77 bits per heavy atom. The predicted molar refractivity (Wildman–Crippen MR) is 111 cm³/mol. The molecule has 4 rings (SSSR count). The Morgan fingerprint density at radius 2 is 1.92 bits per heavy atom. The van der Waals surface area contributed by atoms with Crippen LogP contribution in [-0.2, 0) is 5.75 Å². The van der Waals surface area contributed by atoms with Crippen molar-refractivity contribution >= 4 is 45.3 Å². The van der Waals surface area contributed by atoms with Gasteiger partial charge < -0.3 is 5.32 Å². The van der Waals surface area contributed by atoms with Crippen molar-refractivity contribution in [2.24, 2.45) is 0 Å². The van der Waals surface area contributed by atoms with Crippen LogP contribution in [0.4, 0.5) is 10.8 Å². The van der Waals surface area contributed by atoms with Gasteiger partial charge in [0, 0.05) is 22.4 Å². The molecule has 0 amide bonds. The zero-order valence-electron chi connectivity index (χ0n) is 14.0.